The van der Waals surface area contributed by atoms with E-state index in [2.05, 4.69) is 10.2 Å². The van der Waals surface area contributed by atoms with Crippen LogP contribution in [-0.4, -0.2) is 39.8 Å². The largest absolute Gasteiger partial charge is 0.480 e. The second-order valence-electron chi connectivity index (χ2n) is 3.44. The molecule has 6 heteroatoms. The van der Waals surface area contributed by atoms with E-state index in [-0.39, 0.29) is 5.56 Å². The monoisotopic (exact) mass is 197 g/mol. The number of likely N-dealkylation sites (N-methyl/N-ethyl adjacent to an activating group) is 1. The lowest BCUT2D eigenvalue weighted by molar-refractivity contribution is -0.143. The summed E-state index contributed by atoms with van der Waals surface area (Å²) in [5.41, 5.74) is 0.839. The lowest BCUT2D eigenvalue weighted by Crippen LogP contribution is -2.37. The molecule has 0 spiro atoms. The van der Waals surface area contributed by atoms with E-state index in [9.17, 15) is 9.59 Å². The van der Waals surface area contributed by atoms with Gasteiger partial charge in [0.25, 0.3) is 5.56 Å². The molecule has 6 nitrogen and oxygen atoms in total. The number of nitrogens with one attached hydrogen (secondary N) is 2. The van der Waals surface area contributed by atoms with E-state index in [0.29, 0.717) is 24.2 Å². The molecule has 0 fully saturated rings. The van der Waals surface area contributed by atoms with Crippen LogP contribution in [0.2, 0.25) is 0 Å². The summed E-state index contributed by atoms with van der Waals surface area (Å²) in [6.45, 7) is 0.588. The maximum Gasteiger partial charge on any atom is 0.327 e. The predicted octanol–water partition coefficient (Wildman–Crippen LogP) is -0.683. The van der Waals surface area contributed by atoms with E-state index < -0.39 is 12.0 Å². The van der Waals surface area contributed by atoms with Gasteiger partial charge in [0.05, 0.1) is 5.69 Å². The summed E-state index contributed by atoms with van der Waals surface area (Å²) in [5, 5.41) is 14.0. The highest BCUT2D eigenvalue weighted by Gasteiger charge is 2.33. The maximum atomic E-state index is 11.2. The lowest BCUT2D eigenvalue weighted by atomic mass is 10.0. The Kier molecular flexibility index (Phi) is 1.92. The molecule has 2 rings (SSSR count). The highest BCUT2D eigenvalue weighted by atomic mass is 16.4. The highest BCUT2D eigenvalue weighted by molar-refractivity contribution is 5.75. The number of aliphatic carboxylic acids is 1. The van der Waals surface area contributed by atoms with Gasteiger partial charge in [-0.15, -0.1) is 0 Å². The molecule has 1 aromatic heterocycles. The minimum absolute atomic E-state index is 0.209. The molecule has 3 N–H and O–H groups in total. The topological polar surface area (TPSA) is 89.2 Å². The molecular formula is C8H11N3O3. The Bertz CT molecular complexity index is 420. The van der Waals surface area contributed by atoms with E-state index in [1.54, 1.807) is 11.9 Å². The SMILES string of the molecule is CN1CCc2c([nH][nH]c2=O)C1C(=O)O. The van der Waals surface area contributed by atoms with Crippen molar-refractivity contribution in [2.75, 3.05) is 13.6 Å². The summed E-state index contributed by atoms with van der Waals surface area (Å²) in [7, 11) is 1.73. The van der Waals surface area contributed by atoms with Gasteiger partial charge in [0.2, 0.25) is 0 Å². The van der Waals surface area contributed by atoms with Crippen molar-refractivity contribution in [3.05, 3.63) is 21.6 Å². The Morgan fingerprint density at radius 2 is 2.29 bits per heavy atom. The third-order valence-corrected chi connectivity index (χ3v) is 2.57. The fourth-order valence-electron chi connectivity index (χ4n) is 1.83. The van der Waals surface area contributed by atoms with Crippen LogP contribution in [0.3, 0.4) is 0 Å². The molecule has 0 radical (unpaired) electrons. The van der Waals surface area contributed by atoms with E-state index in [4.69, 9.17) is 5.11 Å². The van der Waals surface area contributed by atoms with Crippen LogP contribution in [0, 0.1) is 0 Å². The Labute approximate surface area is 79.5 Å². The van der Waals surface area contributed by atoms with Gasteiger partial charge in [0, 0.05) is 12.1 Å². The average Bonchev–Trinajstić information content (AvgIpc) is 2.47. The number of hydrogen-bond acceptors (Lipinski definition) is 3. The molecule has 1 atom stereocenters. The lowest BCUT2D eigenvalue weighted by Gasteiger charge is -2.28. The number of nitrogens with zero attached hydrogens (tertiary/aromatic N) is 1. The summed E-state index contributed by atoms with van der Waals surface area (Å²) in [6, 6.07) is -0.738. The van der Waals surface area contributed by atoms with Crippen molar-refractivity contribution in [2.24, 2.45) is 0 Å². The van der Waals surface area contributed by atoms with Gasteiger partial charge in [-0.2, -0.15) is 0 Å². The number of aromatic amines is 2. The van der Waals surface area contributed by atoms with Crippen molar-refractivity contribution in [1.82, 2.24) is 15.1 Å². The zero-order chi connectivity index (χ0) is 10.3. The van der Waals surface area contributed by atoms with Crippen LogP contribution in [-0.2, 0) is 11.2 Å². The summed E-state index contributed by atoms with van der Waals surface area (Å²) in [5.74, 6) is -0.941. The second-order valence-corrected chi connectivity index (χ2v) is 3.44. The number of carboxylic acids is 1. The molecule has 0 bridgehead atoms. The number of aromatic nitrogens is 2. The van der Waals surface area contributed by atoms with E-state index in [1.165, 1.54) is 0 Å². The molecule has 1 aliphatic heterocycles. The zero-order valence-electron chi connectivity index (χ0n) is 7.70. The average molecular weight is 197 g/mol. The van der Waals surface area contributed by atoms with Crippen LogP contribution in [0.25, 0.3) is 0 Å². The van der Waals surface area contributed by atoms with Crippen molar-refractivity contribution in [1.29, 1.82) is 0 Å². The summed E-state index contributed by atoms with van der Waals surface area (Å²) in [4.78, 5) is 23.9. The highest BCUT2D eigenvalue weighted by Crippen LogP contribution is 2.24. The first-order chi connectivity index (χ1) is 6.61. The van der Waals surface area contributed by atoms with Crippen LogP contribution in [0.15, 0.2) is 4.79 Å². The normalized spacial score (nSPS) is 21.9. The Hall–Kier alpha value is -1.56. The van der Waals surface area contributed by atoms with Crippen LogP contribution in [0.5, 0.6) is 0 Å². The second kappa shape index (κ2) is 2.98. The number of fused-ring (bicyclic) bond motifs is 1. The minimum atomic E-state index is -0.941. The van der Waals surface area contributed by atoms with Crippen molar-refractivity contribution in [3.8, 4) is 0 Å². The number of H-pyrrole nitrogens is 2. The smallest absolute Gasteiger partial charge is 0.327 e. The summed E-state index contributed by atoms with van der Waals surface area (Å²) < 4.78 is 0. The molecular weight excluding hydrogens is 186 g/mol. The molecule has 0 aromatic carbocycles. The number of rotatable bonds is 1. The molecule has 0 aliphatic carbocycles. The number of hydrogen-bond donors (Lipinski definition) is 3. The Morgan fingerprint density at radius 3 is 2.93 bits per heavy atom. The van der Waals surface area contributed by atoms with E-state index >= 15 is 0 Å². The first kappa shape index (κ1) is 9.01. The van der Waals surface area contributed by atoms with Gasteiger partial charge in [-0.05, 0) is 13.5 Å². The van der Waals surface area contributed by atoms with Gasteiger partial charge >= 0.3 is 5.97 Å². The molecule has 14 heavy (non-hydrogen) atoms. The molecule has 76 valence electrons. The zero-order valence-corrected chi connectivity index (χ0v) is 7.70. The quantitative estimate of drug-likeness (QED) is 0.556. The molecule has 0 amide bonds. The third-order valence-electron chi connectivity index (χ3n) is 2.57. The van der Waals surface area contributed by atoms with Crippen molar-refractivity contribution >= 4 is 5.97 Å². The van der Waals surface area contributed by atoms with Gasteiger partial charge in [-0.1, -0.05) is 0 Å². The molecule has 2 heterocycles. The number of carbonyl (C=O) groups is 1. The van der Waals surface area contributed by atoms with Crippen molar-refractivity contribution < 1.29 is 9.90 Å². The van der Waals surface area contributed by atoms with Crippen LogP contribution in [0.1, 0.15) is 17.3 Å². The minimum Gasteiger partial charge on any atom is -0.480 e. The van der Waals surface area contributed by atoms with Crippen molar-refractivity contribution in [3.63, 3.8) is 0 Å². The summed E-state index contributed by atoms with van der Waals surface area (Å²) >= 11 is 0. The van der Waals surface area contributed by atoms with Crippen LogP contribution >= 0.6 is 0 Å². The van der Waals surface area contributed by atoms with E-state index in [0.717, 1.165) is 0 Å². The molecule has 1 aliphatic rings. The molecule has 0 saturated heterocycles. The fraction of sp³-hybridized carbons (Fsp3) is 0.500. The van der Waals surface area contributed by atoms with Crippen LogP contribution < -0.4 is 5.56 Å². The molecule has 0 saturated carbocycles. The van der Waals surface area contributed by atoms with Gasteiger partial charge in [-0.3, -0.25) is 24.7 Å². The molecule has 1 unspecified atom stereocenters. The predicted molar refractivity (Wildman–Crippen MR) is 48.1 cm³/mol. The summed E-state index contributed by atoms with van der Waals surface area (Å²) in [6.07, 6.45) is 0.592. The fourth-order valence-corrected chi connectivity index (χ4v) is 1.83. The Morgan fingerprint density at radius 1 is 1.57 bits per heavy atom. The first-order valence-corrected chi connectivity index (χ1v) is 4.33. The molecule has 1 aromatic rings. The van der Waals surface area contributed by atoms with Gasteiger partial charge in [0.15, 0.2) is 6.04 Å². The number of carboxylic acid groups (broad SMARTS) is 1. The first-order valence-electron chi connectivity index (χ1n) is 4.33. The maximum absolute atomic E-state index is 11.2. The standard InChI is InChI=1S/C8H11N3O3/c1-11-3-2-4-5(6(11)8(13)14)9-10-7(4)12/h6H,2-3H2,1H3,(H,13,14)(H2,9,10,12). The van der Waals surface area contributed by atoms with Gasteiger partial charge in [-0.25, -0.2) is 0 Å². The van der Waals surface area contributed by atoms with Gasteiger partial charge in [0.1, 0.15) is 0 Å². The van der Waals surface area contributed by atoms with E-state index in [1.807, 2.05) is 0 Å². The third kappa shape index (κ3) is 1.15. The van der Waals surface area contributed by atoms with Crippen molar-refractivity contribution in [2.45, 2.75) is 12.5 Å². The van der Waals surface area contributed by atoms with Gasteiger partial charge < -0.3 is 5.11 Å². The Balaban J connectivity index is 2.52. The van der Waals surface area contributed by atoms with Crippen LogP contribution in [0.4, 0.5) is 0 Å².